The van der Waals surface area contributed by atoms with Gasteiger partial charge in [-0.3, -0.25) is 4.79 Å². The van der Waals surface area contributed by atoms with Gasteiger partial charge in [-0.2, -0.15) is 0 Å². The molecule has 0 amide bonds. The zero-order valence-electron chi connectivity index (χ0n) is 6.49. The number of nitrogens with zero attached hydrogens (tertiary/aromatic N) is 1. The van der Waals surface area contributed by atoms with Crippen LogP contribution in [0.3, 0.4) is 0 Å². The fourth-order valence-electron chi connectivity index (χ4n) is 0.775. The van der Waals surface area contributed by atoms with Crippen LogP contribution in [0.25, 0.3) is 0 Å². The van der Waals surface area contributed by atoms with Gasteiger partial charge in [0, 0.05) is 30.0 Å². The van der Waals surface area contributed by atoms with E-state index in [9.17, 15) is 17.6 Å². The predicted molar refractivity (Wildman–Crippen MR) is 44.7 cm³/mol. The first kappa shape index (κ1) is 10.2. The third-order valence-corrected chi connectivity index (χ3v) is 2.72. The molecule has 0 saturated carbocycles. The molecule has 1 rings (SSSR count). The van der Waals surface area contributed by atoms with Crippen molar-refractivity contribution in [2.75, 3.05) is 0 Å². The van der Waals surface area contributed by atoms with Crippen LogP contribution < -0.4 is 5.56 Å². The van der Waals surface area contributed by atoms with Gasteiger partial charge in [-0.25, -0.2) is 12.8 Å². The van der Waals surface area contributed by atoms with Gasteiger partial charge in [0.15, 0.2) is 5.82 Å². The molecule has 0 N–H and O–H groups in total. The van der Waals surface area contributed by atoms with Crippen LogP contribution in [0.15, 0.2) is 22.0 Å². The monoisotopic (exact) mass is 225 g/mol. The van der Waals surface area contributed by atoms with Crippen molar-refractivity contribution in [1.82, 2.24) is 4.57 Å². The van der Waals surface area contributed by atoms with Crippen molar-refractivity contribution < 1.29 is 12.8 Å². The van der Waals surface area contributed by atoms with E-state index < -0.39 is 25.3 Å². The molecule has 1 heterocycles. The molecule has 0 fully saturated rings. The van der Waals surface area contributed by atoms with E-state index in [4.69, 9.17) is 10.7 Å². The molecule has 0 aliphatic carbocycles. The lowest BCUT2D eigenvalue weighted by atomic mass is 10.4. The van der Waals surface area contributed by atoms with E-state index in [1.54, 1.807) is 0 Å². The summed E-state index contributed by atoms with van der Waals surface area (Å²) in [5.74, 6) is -1.15. The standard InChI is InChI=1S/C6H5ClFNO3S/c1-9-3-4(13(7,11)12)2-5(8)6(9)10/h2-3H,1H3. The third-order valence-electron chi connectivity index (χ3n) is 1.40. The highest BCUT2D eigenvalue weighted by molar-refractivity contribution is 8.13. The van der Waals surface area contributed by atoms with Gasteiger partial charge >= 0.3 is 0 Å². The van der Waals surface area contributed by atoms with Crippen LogP contribution in [-0.4, -0.2) is 13.0 Å². The Kier molecular flexibility index (Phi) is 2.44. The van der Waals surface area contributed by atoms with E-state index in [2.05, 4.69) is 0 Å². The second-order valence-electron chi connectivity index (χ2n) is 2.38. The molecule has 0 atom stereocenters. The van der Waals surface area contributed by atoms with Crippen molar-refractivity contribution >= 4 is 19.7 Å². The van der Waals surface area contributed by atoms with Crippen molar-refractivity contribution in [1.29, 1.82) is 0 Å². The molecule has 4 nitrogen and oxygen atoms in total. The molecule has 1 aromatic heterocycles. The first-order valence-electron chi connectivity index (χ1n) is 3.13. The van der Waals surface area contributed by atoms with Gasteiger partial charge in [-0.15, -0.1) is 0 Å². The Labute approximate surface area is 78.0 Å². The van der Waals surface area contributed by atoms with Crippen LogP contribution in [-0.2, 0) is 16.1 Å². The number of halogens is 2. The van der Waals surface area contributed by atoms with E-state index in [1.807, 2.05) is 0 Å². The molecule has 0 bridgehead atoms. The highest BCUT2D eigenvalue weighted by atomic mass is 35.7. The van der Waals surface area contributed by atoms with Gasteiger partial charge in [0.05, 0.1) is 0 Å². The molecule has 0 radical (unpaired) electrons. The van der Waals surface area contributed by atoms with Gasteiger partial charge in [0.2, 0.25) is 0 Å². The summed E-state index contributed by atoms with van der Waals surface area (Å²) >= 11 is 0. The fraction of sp³-hybridized carbons (Fsp3) is 0.167. The predicted octanol–water partition coefficient (Wildman–Crippen LogP) is 0.452. The molecule has 72 valence electrons. The number of aryl methyl sites for hydroxylation is 1. The molecule has 0 aliphatic rings. The van der Waals surface area contributed by atoms with E-state index in [-0.39, 0.29) is 0 Å². The molecule has 0 aromatic carbocycles. The van der Waals surface area contributed by atoms with Crippen molar-refractivity contribution in [2.24, 2.45) is 7.05 Å². The molecule has 0 unspecified atom stereocenters. The summed E-state index contributed by atoms with van der Waals surface area (Å²) in [7, 11) is 2.19. The van der Waals surface area contributed by atoms with Crippen molar-refractivity contribution in [3.8, 4) is 0 Å². The lowest BCUT2D eigenvalue weighted by Gasteiger charge is -2.00. The van der Waals surface area contributed by atoms with E-state index >= 15 is 0 Å². The first-order chi connectivity index (χ1) is 5.82. The molecular weight excluding hydrogens is 221 g/mol. The summed E-state index contributed by atoms with van der Waals surface area (Å²) in [5, 5.41) is 0. The number of aromatic nitrogens is 1. The molecular formula is C6H5ClFNO3S. The molecule has 0 spiro atoms. The van der Waals surface area contributed by atoms with Gasteiger partial charge in [-0.05, 0) is 0 Å². The molecule has 0 aliphatic heterocycles. The Morgan fingerprint density at radius 3 is 2.46 bits per heavy atom. The summed E-state index contributed by atoms with van der Waals surface area (Å²) in [4.78, 5) is 10.4. The normalized spacial score (nSPS) is 11.6. The molecule has 13 heavy (non-hydrogen) atoms. The summed E-state index contributed by atoms with van der Waals surface area (Å²) < 4.78 is 35.0. The molecule has 0 saturated heterocycles. The Balaban J connectivity index is 3.56. The quantitative estimate of drug-likeness (QED) is 0.652. The zero-order valence-corrected chi connectivity index (χ0v) is 8.06. The summed E-state index contributed by atoms with van der Waals surface area (Å²) in [6, 6.07) is 0.588. The molecule has 7 heteroatoms. The lowest BCUT2D eigenvalue weighted by Crippen LogP contribution is -2.20. The maximum absolute atomic E-state index is 12.7. The second-order valence-corrected chi connectivity index (χ2v) is 4.94. The maximum Gasteiger partial charge on any atom is 0.286 e. The summed E-state index contributed by atoms with van der Waals surface area (Å²) in [6.07, 6.45) is 0.952. The highest BCUT2D eigenvalue weighted by Gasteiger charge is 2.13. The van der Waals surface area contributed by atoms with E-state index in [1.165, 1.54) is 7.05 Å². The number of rotatable bonds is 1. The highest BCUT2D eigenvalue weighted by Crippen LogP contribution is 2.12. The smallest absolute Gasteiger partial charge is 0.286 e. The van der Waals surface area contributed by atoms with Crippen molar-refractivity contribution in [2.45, 2.75) is 4.90 Å². The average molecular weight is 226 g/mol. The van der Waals surface area contributed by atoms with Crippen LogP contribution in [0.2, 0.25) is 0 Å². The SMILES string of the molecule is Cn1cc(S(=O)(=O)Cl)cc(F)c1=O. The maximum atomic E-state index is 12.7. The third kappa shape index (κ3) is 2.07. The summed E-state index contributed by atoms with van der Waals surface area (Å²) in [5.41, 5.74) is -0.899. The largest absolute Gasteiger partial charge is 0.315 e. The van der Waals surface area contributed by atoms with Crippen LogP contribution in [0.1, 0.15) is 0 Å². The van der Waals surface area contributed by atoms with Gasteiger partial charge in [-0.1, -0.05) is 0 Å². The van der Waals surface area contributed by atoms with Crippen molar-refractivity contribution in [3.05, 3.63) is 28.4 Å². The average Bonchev–Trinajstić information content (AvgIpc) is 1.97. The minimum atomic E-state index is -3.99. The Bertz CT molecular complexity index is 467. The Morgan fingerprint density at radius 2 is 2.08 bits per heavy atom. The van der Waals surface area contributed by atoms with Crippen LogP contribution >= 0.6 is 10.7 Å². The topological polar surface area (TPSA) is 56.1 Å². The first-order valence-corrected chi connectivity index (χ1v) is 5.44. The van der Waals surface area contributed by atoms with Gasteiger partial charge in [0.25, 0.3) is 14.6 Å². The summed E-state index contributed by atoms with van der Waals surface area (Å²) in [6.45, 7) is 0. The van der Waals surface area contributed by atoms with E-state index in [0.717, 1.165) is 10.8 Å². The van der Waals surface area contributed by atoms with Crippen LogP contribution in [0.4, 0.5) is 4.39 Å². The van der Waals surface area contributed by atoms with Gasteiger partial charge < -0.3 is 4.57 Å². The lowest BCUT2D eigenvalue weighted by molar-refractivity contribution is 0.575. The van der Waals surface area contributed by atoms with E-state index in [0.29, 0.717) is 6.07 Å². The van der Waals surface area contributed by atoms with Crippen LogP contribution in [0.5, 0.6) is 0 Å². The minimum Gasteiger partial charge on any atom is -0.315 e. The zero-order chi connectivity index (χ0) is 10.2. The second kappa shape index (κ2) is 3.12. The number of hydrogen-bond acceptors (Lipinski definition) is 3. The Morgan fingerprint density at radius 1 is 1.54 bits per heavy atom. The number of hydrogen-bond donors (Lipinski definition) is 0. The van der Waals surface area contributed by atoms with Gasteiger partial charge in [0.1, 0.15) is 4.90 Å². The van der Waals surface area contributed by atoms with Crippen LogP contribution in [0, 0.1) is 5.82 Å². The van der Waals surface area contributed by atoms with Crippen molar-refractivity contribution in [3.63, 3.8) is 0 Å². The number of pyridine rings is 1. The minimum absolute atomic E-state index is 0.436. The fourth-order valence-corrected chi connectivity index (χ4v) is 1.56. The molecule has 1 aromatic rings. The Hall–Kier alpha value is -0.880.